The zero-order valence-corrected chi connectivity index (χ0v) is 46.6. The highest BCUT2D eigenvalue weighted by molar-refractivity contribution is 14.1. The number of anilines is 5. The maximum absolute atomic E-state index is 11.9. The summed E-state index contributed by atoms with van der Waals surface area (Å²) in [6.07, 6.45) is 11.2. The fourth-order valence-electron chi connectivity index (χ4n) is 5.99. The smallest absolute Gasteiger partial charge is 0.331 e. The van der Waals surface area contributed by atoms with Crippen molar-refractivity contribution in [2.24, 2.45) is 0 Å². The van der Waals surface area contributed by atoms with Gasteiger partial charge in [-0.3, -0.25) is 54.8 Å². The number of hydrogen-bond acceptors (Lipinski definition) is 20. The Labute approximate surface area is 486 Å². The second-order valence-electron chi connectivity index (χ2n) is 14.4. The van der Waals surface area contributed by atoms with Crippen LogP contribution in [-0.2, 0) is 0 Å². The van der Waals surface area contributed by atoms with Gasteiger partial charge in [0.15, 0.2) is 0 Å². The number of aromatic nitrogens is 6. The average molecular weight is 1250 g/mol. The maximum Gasteiger partial charge on any atom is 0.331 e. The van der Waals surface area contributed by atoms with E-state index < -0.39 is 14.8 Å². The molecule has 27 heteroatoms. The van der Waals surface area contributed by atoms with Crippen LogP contribution in [0.15, 0.2) is 176 Å². The number of aliphatic hydroxyl groups excluding tert-OH is 1. The van der Waals surface area contributed by atoms with E-state index in [2.05, 4.69) is 35.6 Å². The number of aromatic amines is 1. The molecule has 9 rings (SSSR count). The minimum Gasteiger partial charge on any atom is -0.497 e. The predicted molar refractivity (Wildman–Crippen MR) is 322 cm³/mol. The molecule has 0 saturated carbocycles. The van der Waals surface area contributed by atoms with Crippen molar-refractivity contribution in [2.45, 2.75) is 14.4 Å². The molecular formula is C54H59ClIN13O12. The van der Waals surface area contributed by atoms with Crippen LogP contribution < -0.4 is 41.0 Å². The number of nitrogens with one attached hydrogen (secondary N) is 3. The molecule has 0 spiro atoms. The van der Waals surface area contributed by atoms with Gasteiger partial charge < -0.3 is 45.4 Å². The Morgan fingerprint density at radius 1 is 0.630 bits per heavy atom. The number of ether oxygens (including phenoxy) is 4. The summed E-state index contributed by atoms with van der Waals surface area (Å²) in [6.45, 7) is 1.43. The number of nitrogen functional groups attached to an aromatic ring is 1. The van der Waals surface area contributed by atoms with Crippen LogP contribution in [0, 0.1) is 41.7 Å². The minimum absolute atomic E-state index is 0. The summed E-state index contributed by atoms with van der Waals surface area (Å²) in [7, 11) is 7.40. The Kier molecular flexibility index (Phi) is 31.9. The zero-order chi connectivity index (χ0) is 60.1. The first kappa shape index (κ1) is 67.1. The van der Waals surface area contributed by atoms with E-state index >= 15 is 0 Å². The Bertz CT molecular complexity index is 3310. The minimum atomic E-state index is -0.574. The average Bonchev–Trinajstić information content (AvgIpc) is 3.83. The topological polar surface area (TPSA) is 350 Å². The van der Waals surface area contributed by atoms with E-state index in [0.29, 0.717) is 16.3 Å². The summed E-state index contributed by atoms with van der Waals surface area (Å²) in [6, 6.07) is 36.9. The van der Waals surface area contributed by atoms with Crippen LogP contribution in [0.3, 0.4) is 0 Å². The quantitative estimate of drug-likeness (QED) is 0.0249. The molecule has 0 atom stereocenters. The number of fused-ring (bicyclic) bond motifs is 1. The van der Waals surface area contributed by atoms with Crippen molar-refractivity contribution >= 4 is 90.7 Å². The van der Waals surface area contributed by atoms with E-state index in [-0.39, 0.29) is 35.2 Å². The molecule has 0 amide bonds. The van der Waals surface area contributed by atoms with Gasteiger partial charge >= 0.3 is 22.8 Å². The lowest BCUT2D eigenvalue weighted by atomic mass is 10.2. The molecule has 0 aliphatic rings. The Balaban J connectivity index is 0.000000505. The highest BCUT2D eigenvalue weighted by atomic mass is 127. The van der Waals surface area contributed by atoms with Gasteiger partial charge in [-0.05, 0) is 126 Å². The molecule has 0 bridgehead atoms. The molecule has 0 aliphatic carbocycles. The number of halogens is 2. The summed E-state index contributed by atoms with van der Waals surface area (Å²) in [5, 5.41) is 52.1. The van der Waals surface area contributed by atoms with Crippen LogP contribution in [-0.4, -0.2) is 89.8 Å². The monoisotopic (exact) mass is 1240 g/mol. The molecule has 81 heavy (non-hydrogen) atoms. The highest BCUT2D eigenvalue weighted by Gasteiger charge is 2.15. The lowest BCUT2D eigenvalue weighted by molar-refractivity contribution is -0.385. The van der Waals surface area contributed by atoms with Crippen LogP contribution in [0.1, 0.15) is 15.7 Å². The predicted octanol–water partition coefficient (Wildman–Crippen LogP) is 12.0. The van der Waals surface area contributed by atoms with Crippen LogP contribution in [0.5, 0.6) is 23.0 Å². The summed E-state index contributed by atoms with van der Waals surface area (Å²) >= 11 is 7.39. The van der Waals surface area contributed by atoms with Crippen LogP contribution in [0.2, 0.25) is 5.02 Å². The van der Waals surface area contributed by atoms with E-state index in [9.17, 15) is 35.1 Å². The standard InChI is InChI=1S/C13H11N3O2.2C12H11N3O3.C7H9NO.C5H3ClN2O2.C2H3N.CH3I.CH4O.CH4/c1-18-10-4-2-9(3-5-10)16-12-6-7-14-8-11(12)15-13(16)17;2*1-18-10-4-2-9(3-5-10)14-11-6-7-13-8-12(11)15(16)17;1-9-7-4-2-6(8)3-5-7;6-4-1-2-7-3-5(4)8(9)10;1-2-3;2*1-2;/h2-8H,1H3,(H,15,17);2*2-8H,1H3,(H,13,14);2-5H,8H2,1H3;1-3H;1H3;1H3;2H,1H3;1H4/i;;;;;;1D;;. The summed E-state index contributed by atoms with van der Waals surface area (Å²) in [4.78, 5) is 60.4. The van der Waals surface area contributed by atoms with E-state index in [1.54, 1.807) is 130 Å². The van der Waals surface area contributed by atoms with Gasteiger partial charge in [-0.15, -0.1) is 0 Å². The third-order valence-corrected chi connectivity index (χ3v) is 9.93. The number of imidazole rings is 1. The third kappa shape index (κ3) is 23.3. The van der Waals surface area contributed by atoms with Crippen LogP contribution in [0.4, 0.5) is 45.5 Å². The van der Waals surface area contributed by atoms with Crippen LogP contribution >= 0.6 is 34.2 Å². The van der Waals surface area contributed by atoms with E-state index in [1.165, 1.54) is 44.0 Å². The van der Waals surface area contributed by atoms with Gasteiger partial charge in [-0.1, -0.05) is 41.6 Å². The Morgan fingerprint density at radius 3 is 1.32 bits per heavy atom. The molecule has 0 radical (unpaired) electrons. The van der Waals surface area contributed by atoms with E-state index in [0.717, 1.165) is 70.1 Å². The molecule has 426 valence electrons. The number of alkyl halides is 1. The molecule has 6 N–H and O–H groups in total. The number of H-pyrrole nitrogens is 1. The van der Waals surface area contributed by atoms with Gasteiger partial charge in [0.05, 0.1) is 72.2 Å². The number of aliphatic hydroxyl groups is 1. The molecule has 5 aromatic heterocycles. The Hall–Kier alpha value is -9.98. The normalized spacial score (nSPS) is 9.31. The number of benzene rings is 4. The molecule has 4 aromatic carbocycles. The molecule has 0 fully saturated rings. The van der Waals surface area contributed by atoms with Gasteiger partial charge in [0.25, 0.3) is 0 Å². The van der Waals surface area contributed by atoms with Crippen molar-refractivity contribution in [3.05, 3.63) is 217 Å². The van der Waals surface area contributed by atoms with Gasteiger partial charge in [-0.25, -0.2) is 4.79 Å². The number of nitriles is 1. The lowest BCUT2D eigenvalue weighted by Gasteiger charge is -2.07. The van der Waals surface area contributed by atoms with E-state index in [4.69, 9.17) is 48.0 Å². The summed E-state index contributed by atoms with van der Waals surface area (Å²) < 4.78 is 27.9. The fourth-order valence-corrected chi connectivity index (χ4v) is 6.16. The number of nitro groups is 3. The molecule has 25 nitrogen and oxygen atoms in total. The number of nitrogens with two attached hydrogens (primary N) is 1. The van der Waals surface area contributed by atoms with Crippen molar-refractivity contribution in [3.63, 3.8) is 0 Å². The van der Waals surface area contributed by atoms with E-state index in [1.807, 2.05) is 59.0 Å². The molecular weight excluding hydrogens is 1190 g/mol. The zero-order valence-electron chi connectivity index (χ0n) is 44.7. The third-order valence-electron chi connectivity index (χ3n) is 9.61. The van der Waals surface area contributed by atoms with Gasteiger partial charge in [0.1, 0.15) is 58.0 Å². The SMILES string of the molecule is C.CC#N.CO.COc1ccc(-n2c(=O)[nH]c3cnccc32)cc1.COc1ccc(N)cc1.COc1ccc(Nc2ccncc2[N+](=O)[O-])cc1.COc1ccc(Nc2ccncc2[N+](=O)[O-])cc1.O=[N+]([O-])c1cnccc1Cl.[2H]CI. The van der Waals surface area contributed by atoms with Crippen molar-refractivity contribution in [2.75, 3.05) is 56.8 Å². The number of methoxy groups -OCH3 is 4. The van der Waals surface area contributed by atoms with Crippen molar-refractivity contribution in [3.8, 4) is 34.8 Å². The van der Waals surface area contributed by atoms with Crippen LogP contribution in [0.25, 0.3) is 16.7 Å². The number of nitrogens with zero attached hydrogens (tertiary/aromatic N) is 9. The molecule has 0 aliphatic heterocycles. The van der Waals surface area contributed by atoms with Crippen molar-refractivity contribution in [1.29, 1.82) is 5.26 Å². The molecule has 0 unspecified atom stereocenters. The molecule has 0 saturated heterocycles. The maximum atomic E-state index is 11.9. The first-order chi connectivity index (χ1) is 39.1. The summed E-state index contributed by atoms with van der Waals surface area (Å²) in [5.41, 5.74) is 10.3. The number of rotatable bonds is 12. The first-order valence-corrected chi connectivity index (χ1v) is 24.4. The Morgan fingerprint density at radius 2 is 0.963 bits per heavy atom. The number of hydrogen-bond donors (Lipinski definition) is 5. The number of pyridine rings is 4. The van der Waals surface area contributed by atoms with Gasteiger partial charge in [0.2, 0.25) is 0 Å². The summed E-state index contributed by atoms with van der Waals surface area (Å²) in [5.74, 6) is 3.05. The fraction of sp³-hybridized carbons (Fsp3) is 0.148. The van der Waals surface area contributed by atoms with Gasteiger partial charge in [-0.2, -0.15) is 5.26 Å². The van der Waals surface area contributed by atoms with Crippen molar-refractivity contribution < 1.29 is 40.2 Å². The van der Waals surface area contributed by atoms with Crippen molar-refractivity contribution in [1.82, 2.24) is 29.5 Å². The largest absolute Gasteiger partial charge is 0.497 e. The van der Waals surface area contributed by atoms with Gasteiger partial charge in [0, 0.05) is 57.3 Å². The lowest BCUT2D eigenvalue weighted by Crippen LogP contribution is -2.14. The molecule has 5 heterocycles. The first-order valence-electron chi connectivity index (χ1n) is 23.2. The highest BCUT2D eigenvalue weighted by Crippen LogP contribution is 2.29. The second kappa shape index (κ2) is 38.5. The molecule has 9 aromatic rings. The second-order valence-corrected chi connectivity index (χ2v) is 14.9.